The zero-order chi connectivity index (χ0) is 21.4. The molecule has 0 bridgehead atoms. The van der Waals surface area contributed by atoms with Gasteiger partial charge in [-0.15, -0.1) is 0 Å². The molecule has 0 aliphatic carbocycles. The predicted octanol–water partition coefficient (Wildman–Crippen LogP) is 2.63. The number of aryl methyl sites for hydroxylation is 1. The Hall–Kier alpha value is -2.61. The summed E-state index contributed by atoms with van der Waals surface area (Å²) in [6.45, 7) is 3.44. The summed E-state index contributed by atoms with van der Waals surface area (Å²) in [7, 11) is 0. The second-order valence-corrected chi connectivity index (χ2v) is 7.94. The Bertz CT molecular complexity index is 1260. The number of carbonyl (C=O) groups is 1. The number of carbonyl (C=O) groups excluding carboxylic acids is 1. The van der Waals surface area contributed by atoms with Gasteiger partial charge in [-0.25, -0.2) is 9.36 Å². The minimum atomic E-state index is -0.628. The van der Waals surface area contributed by atoms with E-state index in [0.717, 1.165) is 10.1 Å². The lowest BCUT2D eigenvalue weighted by Gasteiger charge is -2.27. The first-order valence-electron chi connectivity index (χ1n) is 9.44. The van der Waals surface area contributed by atoms with Crippen molar-refractivity contribution in [1.82, 2.24) is 14.0 Å². The molecule has 1 saturated heterocycles. The van der Waals surface area contributed by atoms with Crippen LogP contribution in [-0.4, -0.2) is 46.2 Å². The number of nitrogens with zero attached hydrogens (tertiary/aromatic N) is 3. The van der Waals surface area contributed by atoms with Gasteiger partial charge in [-0.2, -0.15) is 0 Å². The van der Waals surface area contributed by atoms with Gasteiger partial charge in [0, 0.05) is 23.1 Å². The summed E-state index contributed by atoms with van der Waals surface area (Å²) in [6, 6.07) is 9.62. The number of rotatable bonds is 3. The number of hydrogen-bond acceptors (Lipinski definition) is 4. The first kappa shape index (κ1) is 20.7. The van der Waals surface area contributed by atoms with E-state index in [9.17, 15) is 14.4 Å². The first-order chi connectivity index (χ1) is 14.4. The van der Waals surface area contributed by atoms with E-state index in [1.165, 1.54) is 10.6 Å². The molecule has 0 spiro atoms. The highest BCUT2D eigenvalue weighted by molar-refractivity contribution is 6.31. The number of fused-ring (bicyclic) bond motifs is 1. The van der Waals surface area contributed by atoms with Crippen LogP contribution in [0.1, 0.15) is 5.56 Å². The molecule has 1 aliphatic heterocycles. The van der Waals surface area contributed by atoms with Gasteiger partial charge >= 0.3 is 5.69 Å². The zero-order valence-electron chi connectivity index (χ0n) is 16.2. The number of halogens is 2. The summed E-state index contributed by atoms with van der Waals surface area (Å²) < 4.78 is 7.61. The van der Waals surface area contributed by atoms with Crippen molar-refractivity contribution in [2.24, 2.45) is 0 Å². The van der Waals surface area contributed by atoms with Crippen LogP contribution in [0.3, 0.4) is 0 Å². The smallest absolute Gasteiger partial charge is 0.336 e. The molecule has 0 N–H and O–H groups in total. The van der Waals surface area contributed by atoms with Crippen molar-refractivity contribution in [3.05, 3.63) is 72.8 Å². The lowest BCUT2D eigenvalue weighted by Crippen LogP contribution is -2.45. The van der Waals surface area contributed by atoms with Crippen LogP contribution in [0.15, 0.2) is 46.0 Å². The fourth-order valence-electron chi connectivity index (χ4n) is 3.49. The third kappa shape index (κ3) is 3.76. The van der Waals surface area contributed by atoms with Gasteiger partial charge in [0.15, 0.2) is 0 Å². The molecule has 0 saturated carbocycles. The maximum Gasteiger partial charge on any atom is 0.336 e. The molecule has 0 radical (unpaired) electrons. The van der Waals surface area contributed by atoms with Gasteiger partial charge in [-0.1, -0.05) is 29.3 Å². The van der Waals surface area contributed by atoms with Gasteiger partial charge in [-0.3, -0.25) is 14.2 Å². The molecule has 1 amide bonds. The Kier molecular flexibility index (Phi) is 5.69. The van der Waals surface area contributed by atoms with Crippen molar-refractivity contribution in [1.29, 1.82) is 0 Å². The van der Waals surface area contributed by atoms with Crippen molar-refractivity contribution < 1.29 is 9.53 Å². The number of aromatic nitrogens is 2. The third-order valence-corrected chi connectivity index (χ3v) is 5.82. The SMILES string of the molecule is Cc1ccc(-n2c(=O)c3ccc(Cl)cc3n(CC(=O)N3CCOCC3)c2=O)cc1Cl. The molecule has 9 heteroatoms. The average molecular weight is 448 g/mol. The molecule has 3 aromatic rings. The van der Waals surface area contributed by atoms with Crippen LogP contribution >= 0.6 is 23.2 Å². The van der Waals surface area contributed by atoms with Gasteiger partial charge in [0.25, 0.3) is 5.56 Å². The number of amides is 1. The maximum atomic E-state index is 13.4. The van der Waals surface area contributed by atoms with Crippen molar-refractivity contribution in [3.8, 4) is 5.69 Å². The minimum absolute atomic E-state index is 0.213. The lowest BCUT2D eigenvalue weighted by molar-refractivity contribution is -0.135. The molecule has 0 unspecified atom stereocenters. The summed E-state index contributed by atoms with van der Waals surface area (Å²) in [4.78, 5) is 41.0. The molecule has 156 valence electrons. The molecule has 30 heavy (non-hydrogen) atoms. The van der Waals surface area contributed by atoms with Crippen LogP contribution in [0.25, 0.3) is 16.6 Å². The standard InChI is InChI=1S/C21H19Cl2N3O4/c1-13-2-4-15(11-17(13)23)26-20(28)16-5-3-14(22)10-18(16)25(21(26)29)12-19(27)24-6-8-30-9-7-24/h2-5,10-11H,6-9,12H2,1H3. The van der Waals surface area contributed by atoms with E-state index < -0.39 is 11.2 Å². The van der Waals surface area contributed by atoms with E-state index in [0.29, 0.717) is 47.6 Å². The van der Waals surface area contributed by atoms with E-state index >= 15 is 0 Å². The zero-order valence-corrected chi connectivity index (χ0v) is 17.7. The van der Waals surface area contributed by atoms with Crippen LogP contribution in [0, 0.1) is 6.92 Å². The van der Waals surface area contributed by atoms with Crippen molar-refractivity contribution in [2.45, 2.75) is 13.5 Å². The summed E-state index contributed by atoms with van der Waals surface area (Å²) in [6.07, 6.45) is 0. The largest absolute Gasteiger partial charge is 0.378 e. The Morgan fingerprint density at radius 1 is 1.07 bits per heavy atom. The Balaban J connectivity index is 1.92. The lowest BCUT2D eigenvalue weighted by atomic mass is 10.2. The minimum Gasteiger partial charge on any atom is -0.378 e. The molecular formula is C21H19Cl2N3O4. The first-order valence-corrected chi connectivity index (χ1v) is 10.2. The van der Waals surface area contributed by atoms with Gasteiger partial charge in [0.1, 0.15) is 6.54 Å². The number of benzene rings is 2. The summed E-state index contributed by atoms with van der Waals surface area (Å²) >= 11 is 12.3. The molecular weight excluding hydrogens is 429 g/mol. The van der Waals surface area contributed by atoms with E-state index in [2.05, 4.69) is 0 Å². The fraction of sp³-hybridized carbons (Fsp3) is 0.286. The molecule has 1 aromatic heterocycles. The number of ether oxygens (including phenoxy) is 1. The normalized spacial score (nSPS) is 14.3. The summed E-state index contributed by atoms with van der Waals surface area (Å²) in [5.74, 6) is -0.228. The summed E-state index contributed by atoms with van der Waals surface area (Å²) in [5.41, 5.74) is 0.348. The second-order valence-electron chi connectivity index (χ2n) is 7.10. The van der Waals surface area contributed by atoms with E-state index in [1.54, 1.807) is 35.2 Å². The molecule has 4 rings (SSSR count). The highest BCUT2D eigenvalue weighted by Crippen LogP contribution is 2.20. The molecule has 1 aliphatic rings. The fourth-order valence-corrected chi connectivity index (χ4v) is 3.83. The van der Waals surface area contributed by atoms with Crippen LogP contribution in [0.4, 0.5) is 0 Å². The molecule has 2 heterocycles. The van der Waals surface area contributed by atoms with Gasteiger partial charge in [-0.05, 0) is 42.8 Å². The van der Waals surface area contributed by atoms with E-state index in [1.807, 2.05) is 6.92 Å². The highest BCUT2D eigenvalue weighted by atomic mass is 35.5. The van der Waals surface area contributed by atoms with Crippen LogP contribution < -0.4 is 11.2 Å². The Labute approximate surface area is 182 Å². The average Bonchev–Trinajstić information content (AvgIpc) is 2.74. The van der Waals surface area contributed by atoms with Gasteiger partial charge < -0.3 is 9.64 Å². The third-order valence-electron chi connectivity index (χ3n) is 5.18. The predicted molar refractivity (Wildman–Crippen MR) is 116 cm³/mol. The van der Waals surface area contributed by atoms with Crippen LogP contribution in [-0.2, 0) is 16.1 Å². The topological polar surface area (TPSA) is 73.5 Å². The van der Waals surface area contributed by atoms with Crippen molar-refractivity contribution in [3.63, 3.8) is 0 Å². The molecule has 0 atom stereocenters. The molecule has 1 fully saturated rings. The van der Waals surface area contributed by atoms with Crippen molar-refractivity contribution in [2.75, 3.05) is 26.3 Å². The van der Waals surface area contributed by atoms with Crippen molar-refractivity contribution >= 4 is 40.0 Å². The number of hydrogen-bond donors (Lipinski definition) is 0. The number of morpholine rings is 1. The monoisotopic (exact) mass is 447 g/mol. The van der Waals surface area contributed by atoms with E-state index in [-0.39, 0.29) is 17.8 Å². The molecule has 7 nitrogen and oxygen atoms in total. The maximum absolute atomic E-state index is 13.4. The highest BCUT2D eigenvalue weighted by Gasteiger charge is 2.21. The quantitative estimate of drug-likeness (QED) is 0.618. The van der Waals surface area contributed by atoms with E-state index in [4.69, 9.17) is 27.9 Å². The molecule has 2 aromatic carbocycles. The van der Waals surface area contributed by atoms with Crippen LogP contribution in [0.2, 0.25) is 10.0 Å². The van der Waals surface area contributed by atoms with Gasteiger partial charge in [0.05, 0.1) is 29.8 Å². The summed E-state index contributed by atoms with van der Waals surface area (Å²) in [5, 5.41) is 1.08. The van der Waals surface area contributed by atoms with Crippen LogP contribution in [0.5, 0.6) is 0 Å². The Morgan fingerprint density at radius 2 is 1.80 bits per heavy atom. The van der Waals surface area contributed by atoms with Gasteiger partial charge in [0.2, 0.25) is 5.91 Å². The second kappa shape index (κ2) is 8.26. The Morgan fingerprint density at radius 3 is 2.50 bits per heavy atom.